The number of H-pyrrole nitrogens is 1. The molecule has 1 aromatic carbocycles. The standard InChI is InChI=1S/C15H15N5O2S/c1-22-9-8-19-13(10-14(21)18-15(19)23)11-4-2-3-5-12(11)20-16-6-7-17-20/h2-7,10H,8-9H2,1H3,(H,18,21,23). The molecule has 0 bridgehead atoms. The lowest BCUT2D eigenvalue weighted by Gasteiger charge is -2.15. The molecular formula is C15H15N5O2S. The highest BCUT2D eigenvalue weighted by molar-refractivity contribution is 7.71. The molecule has 23 heavy (non-hydrogen) atoms. The average Bonchev–Trinajstić information content (AvgIpc) is 3.08. The van der Waals surface area contributed by atoms with Gasteiger partial charge in [-0.25, -0.2) is 0 Å². The molecule has 3 aromatic rings. The molecule has 0 amide bonds. The minimum absolute atomic E-state index is 0.248. The Morgan fingerprint density at radius 2 is 2.00 bits per heavy atom. The van der Waals surface area contributed by atoms with Gasteiger partial charge in [0, 0.05) is 25.3 Å². The van der Waals surface area contributed by atoms with Crippen molar-refractivity contribution in [2.45, 2.75) is 6.54 Å². The number of para-hydroxylation sites is 1. The lowest BCUT2D eigenvalue weighted by atomic mass is 10.1. The molecule has 0 fully saturated rings. The molecule has 0 aliphatic rings. The second-order valence-electron chi connectivity index (χ2n) is 4.80. The molecule has 0 saturated carbocycles. The summed E-state index contributed by atoms with van der Waals surface area (Å²) in [6, 6.07) is 9.11. The first kappa shape index (κ1) is 15.3. The molecule has 0 unspecified atom stereocenters. The van der Waals surface area contributed by atoms with Gasteiger partial charge in [-0.2, -0.15) is 15.0 Å². The third-order valence-electron chi connectivity index (χ3n) is 3.37. The van der Waals surface area contributed by atoms with Gasteiger partial charge in [0.15, 0.2) is 4.77 Å². The summed E-state index contributed by atoms with van der Waals surface area (Å²) in [6.45, 7) is 1.01. The molecule has 8 heteroatoms. The van der Waals surface area contributed by atoms with E-state index in [9.17, 15) is 4.79 Å². The number of hydrogen-bond donors (Lipinski definition) is 1. The van der Waals surface area contributed by atoms with Gasteiger partial charge in [0.1, 0.15) is 0 Å². The number of aromatic nitrogens is 5. The summed E-state index contributed by atoms with van der Waals surface area (Å²) in [7, 11) is 1.62. The summed E-state index contributed by atoms with van der Waals surface area (Å²) in [6.07, 6.45) is 3.21. The Hall–Kier alpha value is -2.58. The van der Waals surface area contributed by atoms with Gasteiger partial charge in [-0.1, -0.05) is 18.2 Å². The van der Waals surface area contributed by atoms with Crippen molar-refractivity contribution in [3.8, 4) is 16.9 Å². The monoisotopic (exact) mass is 329 g/mol. The van der Waals surface area contributed by atoms with Crippen LogP contribution in [-0.4, -0.2) is 38.3 Å². The fourth-order valence-corrected chi connectivity index (χ4v) is 2.64. The number of nitrogens with zero attached hydrogens (tertiary/aromatic N) is 4. The van der Waals surface area contributed by atoms with Crippen LogP contribution in [0.1, 0.15) is 0 Å². The first-order valence-electron chi connectivity index (χ1n) is 7.00. The third-order valence-corrected chi connectivity index (χ3v) is 3.69. The van der Waals surface area contributed by atoms with Crippen molar-refractivity contribution in [2.75, 3.05) is 13.7 Å². The maximum absolute atomic E-state index is 11.9. The highest BCUT2D eigenvalue weighted by Gasteiger charge is 2.13. The highest BCUT2D eigenvalue weighted by Crippen LogP contribution is 2.25. The van der Waals surface area contributed by atoms with Crippen molar-refractivity contribution in [1.82, 2.24) is 24.5 Å². The molecule has 2 aromatic heterocycles. The van der Waals surface area contributed by atoms with Crippen LogP contribution < -0.4 is 5.56 Å². The fourth-order valence-electron chi connectivity index (χ4n) is 2.35. The first-order valence-corrected chi connectivity index (χ1v) is 7.40. The Kier molecular flexibility index (Phi) is 4.45. The van der Waals surface area contributed by atoms with Gasteiger partial charge in [0.05, 0.1) is 30.4 Å². The summed E-state index contributed by atoms with van der Waals surface area (Å²) in [5.41, 5.74) is 2.03. The van der Waals surface area contributed by atoms with Crippen molar-refractivity contribution in [1.29, 1.82) is 0 Å². The topological polar surface area (TPSA) is 77.7 Å². The van der Waals surface area contributed by atoms with Crippen LogP contribution in [0.4, 0.5) is 0 Å². The Bertz CT molecular complexity index is 914. The number of aromatic amines is 1. The van der Waals surface area contributed by atoms with Gasteiger partial charge < -0.3 is 9.30 Å². The summed E-state index contributed by atoms with van der Waals surface area (Å²) >= 11 is 5.30. The lowest BCUT2D eigenvalue weighted by Crippen LogP contribution is -2.17. The second kappa shape index (κ2) is 6.67. The van der Waals surface area contributed by atoms with Crippen LogP contribution in [0.25, 0.3) is 16.9 Å². The molecule has 1 N–H and O–H groups in total. The maximum Gasteiger partial charge on any atom is 0.252 e. The summed E-state index contributed by atoms with van der Waals surface area (Å²) in [5, 5.41) is 8.34. The predicted molar refractivity (Wildman–Crippen MR) is 88.1 cm³/mol. The van der Waals surface area contributed by atoms with Crippen molar-refractivity contribution < 1.29 is 4.74 Å². The van der Waals surface area contributed by atoms with Crippen LogP contribution in [0, 0.1) is 4.77 Å². The minimum atomic E-state index is -0.248. The van der Waals surface area contributed by atoms with Gasteiger partial charge in [0.25, 0.3) is 5.56 Å². The SMILES string of the molecule is COCCn1c(-c2ccccc2-n2nccn2)cc(=O)[nH]c1=S. The second-order valence-corrected chi connectivity index (χ2v) is 5.19. The van der Waals surface area contributed by atoms with Gasteiger partial charge in [-0.05, 0) is 18.3 Å². The molecule has 0 aliphatic carbocycles. The fraction of sp³-hybridized carbons (Fsp3) is 0.200. The summed E-state index contributed by atoms with van der Waals surface area (Å²) in [5.74, 6) is 0. The number of ether oxygens (including phenoxy) is 1. The molecule has 0 radical (unpaired) electrons. The molecule has 0 saturated heterocycles. The Labute approximate surface area is 137 Å². The molecule has 0 aliphatic heterocycles. The van der Waals surface area contributed by atoms with Gasteiger partial charge in [-0.3, -0.25) is 9.78 Å². The predicted octanol–water partition coefficient (Wildman–Crippen LogP) is 1.80. The summed E-state index contributed by atoms with van der Waals surface area (Å²) < 4.78 is 7.33. The van der Waals surface area contributed by atoms with E-state index in [4.69, 9.17) is 17.0 Å². The van der Waals surface area contributed by atoms with Crippen molar-refractivity contribution >= 4 is 12.2 Å². The van der Waals surface area contributed by atoms with E-state index in [2.05, 4.69) is 15.2 Å². The molecule has 118 valence electrons. The molecule has 2 heterocycles. The largest absolute Gasteiger partial charge is 0.383 e. The average molecular weight is 329 g/mol. The smallest absolute Gasteiger partial charge is 0.252 e. The highest BCUT2D eigenvalue weighted by atomic mass is 32.1. The zero-order valence-corrected chi connectivity index (χ0v) is 13.3. The number of hydrogen-bond acceptors (Lipinski definition) is 5. The molecule has 0 spiro atoms. The van der Waals surface area contributed by atoms with E-state index in [1.807, 2.05) is 28.8 Å². The zero-order chi connectivity index (χ0) is 16.2. The maximum atomic E-state index is 11.9. The van der Waals surface area contributed by atoms with E-state index < -0.39 is 0 Å². The molecule has 3 rings (SSSR count). The van der Waals surface area contributed by atoms with Crippen molar-refractivity contribution in [2.24, 2.45) is 0 Å². The van der Waals surface area contributed by atoms with Crippen LogP contribution in [0.15, 0.2) is 47.5 Å². The van der Waals surface area contributed by atoms with Gasteiger partial charge in [-0.15, -0.1) is 0 Å². The van der Waals surface area contributed by atoms with Crippen molar-refractivity contribution in [3.63, 3.8) is 0 Å². The van der Waals surface area contributed by atoms with Crippen LogP contribution >= 0.6 is 12.2 Å². The third kappa shape index (κ3) is 3.13. The van der Waals surface area contributed by atoms with Crippen molar-refractivity contribution in [3.05, 3.63) is 57.9 Å². The van der Waals surface area contributed by atoms with Crippen LogP contribution in [0.3, 0.4) is 0 Å². The first-order chi connectivity index (χ1) is 11.2. The van der Waals surface area contributed by atoms with E-state index in [1.54, 1.807) is 19.5 Å². The Morgan fingerprint density at radius 1 is 1.26 bits per heavy atom. The van der Waals surface area contributed by atoms with Gasteiger partial charge in [0.2, 0.25) is 0 Å². The van der Waals surface area contributed by atoms with E-state index in [0.717, 1.165) is 11.3 Å². The number of nitrogens with one attached hydrogen (secondary N) is 1. The molecule has 7 nitrogen and oxygen atoms in total. The zero-order valence-electron chi connectivity index (χ0n) is 12.5. The number of rotatable bonds is 5. The molecular weight excluding hydrogens is 314 g/mol. The Balaban J connectivity index is 2.23. The summed E-state index contributed by atoms with van der Waals surface area (Å²) in [4.78, 5) is 16.1. The lowest BCUT2D eigenvalue weighted by molar-refractivity contribution is 0.186. The van der Waals surface area contributed by atoms with E-state index in [-0.39, 0.29) is 5.56 Å². The number of benzene rings is 1. The van der Waals surface area contributed by atoms with E-state index in [0.29, 0.717) is 23.6 Å². The number of methoxy groups -OCH3 is 1. The van der Waals surface area contributed by atoms with E-state index >= 15 is 0 Å². The molecule has 0 atom stereocenters. The minimum Gasteiger partial charge on any atom is -0.383 e. The van der Waals surface area contributed by atoms with Gasteiger partial charge >= 0.3 is 0 Å². The van der Waals surface area contributed by atoms with E-state index in [1.165, 1.54) is 10.9 Å². The Morgan fingerprint density at radius 3 is 2.74 bits per heavy atom. The van der Waals surface area contributed by atoms with Crippen LogP contribution in [0.5, 0.6) is 0 Å². The normalized spacial score (nSPS) is 10.8. The van der Waals surface area contributed by atoms with Crippen LogP contribution in [-0.2, 0) is 11.3 Å². The quantitative estimate of drug-likeness (QED) is 0.722. The van der Waals surface area contributed by atoms with Crippen LogP contribution in [0.2, 0.25) is 0 Å².